The van der Waals surface area contributed by atoms with Gasteiger partial charge in [0.05, 0.1) is 36.1 Å². The lowest BCUT2D eigenvalue weighted by molar-refractivity contribution is 0.0600. The van der Waals surface area contributed by atoms with Gasteiger partial charge in [-0.05, 0) is 6.07 Å². The molecule has 2 N–H and O–H groups in total. The number of nitrogens with two attached hydrogens (primary N) is 1. The standard InChI is InChI=1S/C10H9ClN2O3/c1-15-9-7(11)6(10(14)16-2)3-5(4-12)8(9)13/h3H,13H2,1-2H3. The van der Waals surface area contributed by atoms with Gasteiger partial charge in [-0.1, -0.05) is 11.6 Å². The van der Waals surface area contributed by atoms with E-state index in [1.807, 2.05) is 6.07 Å². The molecule has 0 spiro atoms. The molecule has 0 saturated carbocycles. The van der Waals surface area contributed by atoms with Crippen LogP contribution in [0.1, 0.15) is 15.9 Å². The fraction of sp³-hybridized carbons (Fsp3) is 0.200. The molecule has 0 unspecified atom stereocenters. The highest BCUT2D eigenvalue weighted by molar-refractivity contribution is 6.35. The number of benzene rings is 1. The maximum Gasteiger partial charge on any atom is 0.339 e. The number of nitrogens with zero attached hydrogens (tertiary/aromatic N) is 1. The van der Waals surface area contributed by atoms with Crippen molar-refractivity contribution < 1.29 is 14.3 Å². The Morgan fingerprint density at radius 3 is 2.62 bits per heavy atom. The monoisotopic (exact) mass is 240 g/mol. The minimum atomic E-state index is -0.653. The predicted octanol–water partition coefficient (Wildman–Crippen LogP) is 1.59. The molecule has 0 amide bonds. The lowest BCUT2D eigenvalue weighted by Crippen LogP contribution is -2.06. The van der Waals surface area contributed by atoms with Gasteiger partial charge in [0.15, 0.2) is 5.75 Å². The summed E-state index contributed by atoms with van der Waals surface area (Å²) in [6, 6.07) is 3.11. The first-order chi connectivity index (χ1) is 7.56. The third-order valence-corrected chi connectivity index (χ3v) is 2.36. The molecular formula is C10H9ClN2O3. The first-order valence-electron chi connectivity index (χ1n) is 4.21. The molecule has 6 heteroatoms. The minimum absolute atomic E-state index is 0.0332. The zero-order chi connectivity index (χ0) is 12.3. The van der Waals surface area contributed by atoms with Gasteiger partial charge in [-0.2, -0.15) is 5.26 Å². The molecule has 5 nitrogen and oxygen atoms in total. The number of halogens is 1. The molecular weight excluding hydrogens is 232 g/mol. The fourth-order valence-electron chi connectivity index (χ4n) is 1.20. The maximum absolute atomic E-state index is 11.4. The van der Waals surface area contributed by atoms with Crippen LogP contribution in [0.2, 0.25) is 5.02 Å². The highest BCUT2D eigenvalue weighted by Crippen LogP contribution is 2.36. The van der Waals surface area contributed by atoms with Crippen molar-refractivity contribution in [2.75, 3.05) is 20.0 Å². The normalized spacial score (nSPS) is 9.38. The van der Waals surface area contributed by atoms with Crippen molar-refractivity contribution in [2.24, 2.45) is 0 Å². The third-order valence-electron chi connectivity index (χ3n) is 1.99. The summed E-state index contributed by atoms with van der Waals surface area (Å²) in [5.41, 5.74) is 5.89. The van der Waals surface area contributed by atoms with Gasteiger partial charge in [0.25, 0.3) is 0 Å². The summed E-state index contributed by atoms with van der Waals surface area (Å²) < 4.78 is 9.46. The second-order valence-corrected chi connectivity index (χ2v) is 3.21. The van der Waals surface area contributed by atoms with E-state index in [1.165, 1.54) is 20.3 Å². The highest BCUT2D eigenvalue weighted by atomic mass is 35.5. The number of nitriles is 1. The number of ether oxygens (including phenoxy) is 2. The van der Waals surface area contributed by atoms with Crippen LogP contribution in [-0.4, -0.2) is 20.2 Å². The van der Waals surface area contributed by atoms with Crippen molar-refractivity contribution in [3.05, 3.63) is 22.2 Å². The van der Waals surface area contributed by atoms with Gasteiger partial charge < -0.3 is 15.2 Å². The first kappa shape index (κ1) is 12.1. The van der Waals surface area contributed by atoms with Crippen LogP contribution in [0.25, 0.3) is 0 Å². The molecule has 0 fully saturated rings. The van der Waals surface area contributed by atoms with E-state index in [2.05, 4.69) is 4.74 Å². The molecule has 84 valence electrons. The molecule has 0 aliphatic heterocycles. The molecule has 1 aromatic rings. The summed E-state index contributed by atoms with van der Waals surface area (Å²) in [4.78, 5) is 11.4. The van der Waals surface area contributed by atoms with Crippen molar-refractivity contribution in [3.8, 4) is 11.8 Å². The average Bonchev–Trinajstić information content (AvgIpc) is 2.29. The summed E-state index contributed by atoms with van der Waals surface area (Å²) in [5, 5.41) is 8.86. The molecule has 1 aromatic carbocycles. The van der Waals surface area contributed by atoms with Gasteiger partial charge in [0.1, 0.15) is 6.07 Å². The smallest absolute Gasteiger partial charge is 0.339 e. The number of carbonyl (C=O) groups excluding carboxylic acids is 1. The predicted molar refractivity (Wildman–Crippen MR) is 58.5 cm³/mol. The fourth-order valence-corrected chi connectivity index (χ4v) is 1.51. The number of nitrogen functional groups attached to an aromatic ring is 1. The van der Waals surface area contributed by atoms with Crippen LogP contribution >= 0.6 is 11.6 Å². The van der Waals surface area contributed by atoms with Gasteiger partial charge in [-0.25, -0.2) is 4.79 Å². The van der Waals surface area contributed by atoms with Crippen LogP contribution in [0.15, 0.2) is 6.07 Å². The Morgan fingerprint density at radius 2 is 2.19 bits per heavy atom. The lowest BCUT2D eigenvalue weighted by Gasteiger charge is -2.11. The molecule has 0 aromatic heterocycles. The summed E-state index contributed by atoms with van der Waals surface area (Å²) in [6.45, 7) is 0. The van der Waals surface area contributed by atoms with E-state index in [0.29, 0.717) is 0 Å². The molecule has 0 heterocycles. The van der Waals surface area contributed by atoms with E-state index >= 15 is 0 Å². The second kappa shape index (κ2) is 4.73. The average molecular weight is 241 g/mol. The van der Waals surface area contributed by atoms with E-state index in [4.69, 9.17) is 27.3 Å². The highest BCUT2D eigenvalue weighted by Gasteiger charge is 2.20. The summed E-state index contributed by atoms with van der Waals surface area (Å²) >= 11 is 5.90. The molecule has 16 heavy (non-hydrogen) atoms. The number of hydrogen-bond donors (Lipinski definition) is 1. The maximum atomic E-state index is 11.4. The molecule has 0 atom stereocenters. The SMILES string of the molecule is COC(=O)c1cc(C#N)c(N)c(OC)c1Cl. The van der Waals surface area contributed by atoms with Crippen LogP contribution in [0.3, 0.4) is 0 Å². The largest absolute Gasteiger partial charge is 0.493 e. The van der Waals surface area contributed by atoms with E-state index in [0.717, 1.165) is 0 Å². The van der Waals surface area contributed by atoms with E-state index in [9.17, 15) is 4.79 Å². The van der Waals surface area contributed by atoms with Crippen LogP contribution in [-0.2, 0) is 4.74 Å². The van der Waals surface area contributed by atoms with Gasteiger partial charge in [-0.3, -0.25) is 0 Å². The Kier molecular flexibility index (Phi) is 3.59. The molecule has 0 saturated heterocycles. The van der Waals surface area contributed by atoms with Crippen molar-refractivity contribution in [1.82, 2.24) is 0 Å². The quantitative estimate of drug-likeness (QED) is 0.627. The Labute approximate surface area is 97.3 Å². The molecule has 1 rings (SSSR count). The summed E-state index contributed by atoms with van der Waals surface area (Å²) in [6.07, 6.45) is 0. The van der Waals surface area contributed by atoms with Gasteiger partial charge in [-0.15, -0.1) is 0 Å². The van der Waals surface area contributed by atoms with Gasteiger partial charge in [0, 0.05) is 0 Å². The zero-order valence-corrected chi connectivity index (χ0v) is 9.46. The second-order valence-electron chi connectivity index (χ2n) is 2.84. The van der Waals surface area contributed by atoms with Gasteiger partial charge >= 0.3 is 5.97 Å². The molecule has 0 aliphatic carbocycles. The van der Waals surface area contributed by atoms with Crippen molar-refractivity contribution >= 4 is 23.3 Å². The number of rotatable bonds is 2. The Hall–Kier alpha value is -1.93. The molecule has 0 aliphatic rings. The lowest BCUT2D eigenvalue weighted by atomic mass is 10.1. The van der Waals surface area contributed by atoms with Crippen molar-refractivity contribution in [2.45, 2.75) is 0 Å². The van der Waals surface area contributed by atoms with Crippen molar-refractivity contribution in [1.29, 1.82) is 5.26 Å². The Morgan fingerprint density at radius 1 is 1.56 bits per heavy atom. The van der Waals surface area contributed by atoms with Crippen LogP contribution in [0, 0.1) is 11.3 Å². The minimum Gasteiger partial charge on any atom is -0.493 e. The van der Waals surface area contributed by atoms with E-state index in [-0.39, 0.29) is 27.6 Å². The summed E-state index contributed by atoms with van der Waals surface area (Å²) in [5.74, 6) is -0.555. The van der Waals surface area contributed by atoms with Crippen LogP contribution in [0.5, 0.6) is 5.75 Å². The van der Waals surface area contributed by atoms with Gasteiger partial charge in [0.2, 0.25) is 0 Å². The van der Waals surface area contributed by atoms with E-state index in [1.54, 1.807) is 0 Å². The topological polar surface area (TPSA) is 85.3 Å². The Bertz CT molecular complexity index is 480. The molecule has 0 bridgehead atoms. The third kappa shape index (κ3) is 1.88. The number of hydrogen-bond acceptors (Lipinski definition) is 5. The molecule has 0 radical (unpaired) electrons. The number of carbonyl (C=O) groups is 1. The Balaban J connectivity index is 3.54. The number of anilines is 1. The van der Waals surface area contributed by atoms with Crippen LogP contribution in [0.4, 0.5) is 5.69 Å². The summed E-state index contributed by atoms with van der Waals surface area (Å²) in [7, 11) is 2.56. The first-order valence-corrected chi connectivity index (χ1v) is 4.59. The van der Waals surface area contributed by atoms with Crippen molar-refractivity contribution in [3.63, 3.8) is 0 Å². The zero-order valence-electron chi connectivity index (χ0n) is 8.70. The van der Waals surface area contributed by atoms with E-state index < -0.39 is 5.97 Å². The number of esters is 1. The van der Waals surface area contributed by atoms with Crippen LogP contribution < -0.4 is 10.5 Å². The number of methoxy groups -OCH3 is 2.